The van der Waals surface area contributed by atoms with Crippen LogP contribution in [0.5, 0.6) is 0 Å². The second-order valence-corrected chi connectivity index (χ2v) is 6.31. The number of hydrogen-bond acceptors (Lipinski definition) is 4. The number of carbonyl (C=O) groups is 1. The Labute approximate surface area is 136 Å². The summed E-state index contributed by atoms with van der Waals surface area (Å²) in [6.45, 7) is 6.47. The molecule has 0 radical (unpaired) electrons. The van der Waals surface area contributed by atoms with Crippen molar-refractivity contribution in [3.05, 3.63) is 53.5 Å². The summed E-state index contributed by atoms with van der Waals surface area (Å²) in [4.78, 5) is 23.0. The van der Waals surface area contributed by atoms with Gasteiger partial charge in [-0.05, 0) is 23.5 Å². The van der Waals surface area contributed by atoms with Crippen molar-refractivity contribution in [2.24, 2.45) is 5.92 Å². The van der Waals surface area contributed by atoms with Gasteiger partial charge in [0.25, 0.3) is 5.91 Å². The highest BCUT2D eigenvalue weighted by molar-refractivity contribution is 5.92. The minimum Gasteiger partial charge on any atom is -0.369 e. The normalized spacial score (nSPS) is 13.8. The van der Waals surface area contributed by atoms with E-state index < -0.39 is 0 Å². The predicted octanol–water partition coefficient (Wildman–Crippen LogP) is 2.74. The van der Waals surface area contributed by atoms with Crippen molar-refractivity contribution in [3.63, 3.8) is 0 Å². The lowest BCUT2D eigenvalue weighted by molar-refractivity contribution is 0.0728. The summed E-state index contributed by atoms with van der Waals surface area (Å²) in [5, 5.41) is 3.20. The van der Waals surface area contributed by atoms with E-state index in [1.54, 1.807) is 12.4 Å². The summed E-state index contributed by atoms with van der Waals surface area (Å²) >= 11 is 0. The molecule has 0 saturated heterocycles. The summed E-state index contributed by atoms with van der Waals surface area (Å²) < 4.78 is 0. The number of nitrogens with one attached hydrogen (secondary N) is 1. The van der Waals surface area contributed by atoms with Crippen LogP contribution in [0.25, 0.3) is 0 Å². The van der Waals surface area contributed by atoms with Crippen molar-refractivity contribution in [3.8, 4) is 0 Å². The number of anilines is 1. The highest BCUT2D eigenvalue weighted by atomic mass is 16.2. The molecular formula is C18H22N4O. The Kier molecular flexibility index (Phi) is 4.55. The maximum Gasteiger partial charge on any atom is 0.274 e. The number of hydrogen-bond donors (Lipinski definition) is 1. The largest absolute Gasteiger partial charge is 0.369 e. The number of carbonyl (C=O) groups excluding carboxylic acids is 1. The van der Waals surface area contributed by atoms with E-state index >= 15 is 0 Å². The molecule has 5 nitrogen and oxygen atoms in total. The van der Waals surface area contributed by atoms with E-state index in [2.05, 4.69) is 41.3 Å². The lowest BCUT2D eigenvalue weighted by atomic mass is 10.00. The molecule has 2 heterocycles. The first-order valence-corrected chi connectivity index (χ1v) is 8.05. The summed E-state index contributed by atoms with van der Waals surface area (Å²) in [6.07, 6.45) is 4.09. The van der Waals surface area contributed by atoms with Gasteiger partial charge in [0.1, 0.15) is 11.5 Å². The highest BCUT2D eigenvalue weighted by Crippen LogP contribution is 2.19. The topological polar surface area (TPSA) is 58.1 Å². The molecule has 5 heteroatoms. The van der Waals surface area contributed by atoms with Crippen LogP contribution in [0.4, 0.5) is 5.82 Å². The molecule has 1 aromatic heterocycles. The molecule has 0 fully saturated rings. The second kappa shape index (κ2) is 6.77. The van der Waals surface area contributed by atoms with Gasteiger partial charge >= 0.3 is 0 Å². The highest BCUT2D eigenvalue weighted by Gasteiger charge is 2.22. The lowest BCUT2D eigenvalue weighted by Crippen LogP contribution is -2.36. The molecule has 3 rings (SSSR count). The van der Waals surface area contributed by atoms with E-state index in [1.165, 1.54) is 11.1 Å². The zero-order chi connectivity index (χ0) is 16.2. The van der Waals surface area contributed by atoms with Crippen molar-refractivity contribution in [1.82, 2.24) is 14.9 Å². The van der Waals surface area contributed by atoms with E-state index in [0.717, 1.165) is 19.5 Å². The van der Waals surface area contributed by atoms with Crippen molar-refractivity contribution in [2.75, 3.05) is 18.4 Å². The zero-order valence-corrected chi connectivity index (χ0v) is 13.6. The van der Waals surface area contributed by atoms with Crippen LogP contribution in [0, 0.1) is 5.92 Å². The third kappa shape index (κ3) is 3.67. The van der Waals surface area contributed by atoms with Gasteiger partial charge in [0.15, 0.2) is 0 Å². The van der Waals surface area contributed by atoms with Gasteiger partial charge < -0.3 is 10.2 Å². The number of benzene rings is 1. The number of amides is 1. The van der Waals surface area contributed by atoms with Crippen LogP contribution in [0.1, 0.15) is 35.5 Å². The molecule has 1 aliphatic rings. The average molecular weight is 310 g/mol. The van der Waals surface area contributed by atoms with Crippen LogP contribution in [0.2, 0.25) is 0 Å². The van der Waals surface area contributed by atoms with Crippen molar-refractivity contribution >= 4 is 11.7 Å². The van der Waals surface area contributed by atoms with Gasteiger partial charge in [-0.3, -0.25) is 4.79 Å². The molecule has 0 atom stereocenters. The van der Waals surface area contributed by atoms with E-state index in [1.807, 2.05) is 17.0 Å². The van der Waals surface area contributed by atoms with Crippen LogP contribution in [0.3, 0.4) is 0 Å². The van der Waals surface area contributed by atoms with Crippen LogP contribution in [0.15, 0.2) is 36.7 Å². The summed E-state index contributed by atoms with van der Waals surface area (Å²) in [6, 6.07) is 8.28. The van der Waals surface area contributed by atoms with Gasteiger partial charge in [0.05, 0.1) is 12.4 Å². The van der Waals surface area contributed by atoms with Gasteiger partial charge in [-0.15, -0.1) is 0 Å². The van der Waals surface area contributed by atoms with E-state index in [-0.39, 0.29) is 5.91 Å². The molecule has 23 heavy (non-hydrogen) atoms. The smallest absolute Gasteiger partial charge is 0.274 e. The Morgan fingerprint density at radius 2 is 2.00 bits per heavy atom. The molecule has 0 aliphatic carbocycles. The molecule has 1 N–H and O–H groups in total. The quantitative estimate of drug-likeness (QED) is 0.943. The number of aromatic nitrogens is 2. The van der Waals surface area contributed by atoms with Gasteiger partial charge in [-0.25, -0.2) is 9.97 Å². The Morgan fingerprint density at radius 1 is 1.22 bits per heavy atom. The molecular weight excluding hydrogens is 288 g/mol. The van der Waals surface area contributed by atoms with Crippen molar-refractivity contribution in [1.29, 1.82) is 0 Å². The lowest BCUT2D eigenvalue weighted by Gasteiger charge is -2.28. The van der Waals surface area contributed by atoms with E-state index in [4.69, 9.17) is 0 Å². The summed E-state index contributed by atoms with van der Waals surface area (Å²) in [7, 11) is 0. The fourth-order valence-corrected chi connectivity index (χ4v) is 2.67. The predicted molar refractivity (Wildman–Crippen MR) is 90.2 cm³/mol. The minimum atomic E-state index is -0.0533. The molecule has 0 saturated carbocycles. The van der Waals surface area contributed by atoms with Gasteiger partial charge in [-0.1, -0.05) is 38.1 Å². The molecule has 1 aromatic carbocycles. The monoisotopic (exact) mass is 310 g/mol. The molecule has 1 aliphatic heterocycles. The molecule has 0 unspecified atom stereocenters. The van der Waals surface area contributed by atoms with Crippen molar-refractivity contribution in [2.45, 2.75) is 26.8 Å². The first kappa shape index (κ1) is 15.5. The Hall–Kier alpha value is -2.43. The molecule has 1 amide bonds. The molecule has 0 spiro atoms. The SMILES string of the molecule is CC(C)CNc1cnc(C(=O)N2CCc3ccccc3C2)cn1. The third-order valence-corrected chi connectivity index (χ3v) is 3.98. The maximum atomic E-state index is 12.6. The molecule has 0 bridgehead atoms. The third-order valence-electron chi connectivity index (χ3n) is 3.98. The minimum absolute atomic E-state index is 0.0533. The molecule has 2 aromatic rings. The Balaban J connectivity index is 1.67. The average Bonchev–Trinajstić information content (AvgIpc) is 2.59. The van der Waals surface area contributed by atoms with E-state index in [9.17, 15) is 4.79 Å². The Morgan fingerprint density at radius 3 is 2.70 bits per heavy atom. The first-order valence-electron chi connectivity index (χ1n) is 8.05. The van der Waals surface area contributed by atoms with Gasteiger partial charge in [0, 0.05) is 19.6 Å². The van der Waals surface area contributed by atoms with Crippen LogP contribution in [-0.4, -0.2) is 33.9 Å². The second-order valence-electron chi connectivity index (χ2n) is 6.31. The van der Waals surface area contributed by atoms with Crippen LogP contribution >= 0.6 is 0 Å². The van der Waals surface area contributed by atoms with Crippen LogP contribution in [-0.2, 0) is 13.0 Å². The van der Waals surface area contributed by atoms with E-state index in [0.29, 0.717) is 24.0 Å². The molecule has 120 valence electrons. The number of fused-ring (bicyclic) bond motifs is 1. The fourth-order valence-electron chi connectivity index (χ4n) is 2.67. The van der Waals surface area contributed by atoms with Crippen molar-refractivity contribution < 1.29 is 4.79 Å². The summed E-state index contributed by atoms with van der Waals surface area (Å²) in [5.41, 5.74) is 2.95. The summed E-state index contributed by atoms with van der Waals surface area (Å²) in [5.74, 6) is 1.19. The van der Waals surface area contributed by atoms with Gasteiger partial charge in [0.2, 0.25) is 0 Å². The fraction of sp³-hybridized carbons (Fsp3) is 0.389. The van der Waals surface area contributed by atoms with Gasteiger partial charge in [-0.2, -0.15) is 0 Å². The first-order chi connectivity index (χ1) is 11.1. The standard InChI is InChI=1S/C18H22N4O/c1-13(2)9-20-17-11-19-16(10-21-17)18(23)22-8-7-14-5-3-4-6-15(14)12-22/h3-6,10-11,13H,7-9,12H2,1-2H3,(H,20,21). The zero-order valence-electron chi connectivity index (χ0n) is 13.6. The number of rotatable bonds is 4. The Bertz CT molecular complexity index is 682. The van der Waals surface area contributed by atoms with Crippen LogP contribution < -0.4 is 5.32 Å². The maximum absolute atomic E-state index is 12.6. The number of nitrogens with zero attached hydrogens (tertiary/aromatic N) is 3.